The first-order valence-electron chi connectivity index (χ1n) is 13.1. The molecule has 11 atom stereocenters. The Labute approximate surface area is 194 Å². The molecule has 0 radical (unpaired) electrons. The first-order valence-corrected chi connectivity index (χ1v) is 13.1. The standard InChI is InChI=1S/C27H46O5/c1-15(2)6-9-24(31)27(5,32)23-8-7-17-16-12-20(28)19-13-21(29)22(30)14-26(19,4)18(16)10-11-25(17,23)3/h15-19,21-24,29-32H,6-14H2,1-5H3/t16-,17-,18-,19+,21-,22+,23-,24+,25-,26+,27+/m0/s1. The number of fused-ring (bicyclic) bond motifs is 5. The van der Waals surface area contributed by atoms with Crippen molar-refractivity contribution < 1.29 is 25.2 Å². The Morgan fingerprint density at radius 1 is 1.03 bits per heavy atom. The van der Waals surface area contributed by atoms with Crippen LogP contribution in [0.3, 0.4) is 0 Å². The van der Waals surface area contributed by atoms with Crippen molar-refractivity contribution in [2.75, 3.05) is 0 Å². The van der Waals surface area contributed by atoms with Crippen LogP contribution >= 0.6 is 0 Å². The highest BCUT2D eigenvalue weighted by atomic mass is 16.3. The molecule has 0 heterocycles. The molecular formula is C27H46O5. The summed E-state index contributed by atoms with van der Waals surface area (Å²) >= 11 is 0. The number of hydrogen-bond donors (Lipinski definition) is 4. The van der Waals surface area contributed by atoms with E-state index in [0.29, 0.717) is 43.4 Å². The molecule has 4 N–H and O–H groups in total. The van der Waals surface area contributed by atoms with E-state index in [1.165, 1.54) is 0 Å². The Morgan fingerprint density at radius 3 is 2.34 bits per heavy atom. The summed E-state index contributed by atoms with van der Waals surface area (Å²) in [5.74, 6) is 1.65. The van der Waals surface area contributed by atoms with Crippen molar-refractivity contribution in [2.45, 2.75) is 116 Å². The highest BCUT2D eigenvalue weighted by molar-refractivity contribution is 5.83. The number of hydrogen-bond acceptors (Lipinski definition) is 5. The van der Waals surface area contributed by atoms with Crippen LogP contribution in [0.2, 0.25) is 0 Å². The van der Waals surface area contributed by atoms with Gasteiger partial charge in [0.2, 0.25) is 0 Å². The minimum atomic E-state index is -1.12. The first kappa shape index (κ1) is 24.6. The molecule has 4 rings (SSSR count). The van der Waals surface area contributed by atoms with E-state index in [4.69, 9.17) is 0 Å². The van der Waals surface area contributed by atoms with Gasteiger partial charge in [0.1, 0.15) is 5.78 Å². The number of ketones is 1. The van der Waals surface area contributed by atoms with Crippen molar-refractivity contribution in [1.29, 1.82) is 0 Å². The fourth-order valence-corrected chi connectivity index (χ4v) is 9.05. The average Bonchev–Trinajstić information content (AvgIpc) is 3.06. The van der Waals surface area contributed by atoms with Gasteiger partial charge in [0.05, 0.1) is 23.9 Å². The number of carbonyl (C=O) groups excluding carboxylic acids is 1. The molecule has 184 valence electrons. The number of carbonyl (C=O) groups is 1. The molecule has 4 fully saturated rings. The van der Waals surface area contributed by atoms with Crippen LogP contribution in [0.1, 0.15) is 92.4 Å². The molecule has 0 saturated heterocycles. The predicted octanol–water partition coefficient (Wildman–Crippen LogP) is 3.70. The van der Waals surface area contributed by atoms with Crippen LogP contribution in [-0.2, 0) is 4.79 Å². The maximum absolute atomic E-state index is 13.3. The predicted molar refractivity (Wildman–Crippen MR) is 124 cm³/mol. The fraction of sp³-hybridized carbons (Fsp3) is 0.963. The second-order valence-corrected chi connectivity index (χ2v) is 13.1. The van der Waals surface area contributed by atoms with Gasteiger partial charge >= 0.3 is 0 Å². The Balaban J connectivity index is 1.58. The van der Waals surface area contributed by atoms with Crippen molar-refractivity contribution >= 4 is 5.78 Å². The summed E-state index contributed by atoms with van der Waals surface area (Å²) in [7, 11) is 0. The second-order valence-electron chi connectivity index (χ2n) is 13.1. The van der Waals surface area contributed by atoms with Crippen LogP contribution in [0.15, 0.2) is 0 Å². The lowest BCUT2D eigenvalue weighted by atomic mass is 9.43. The SMILES string of the molecule is CC(C)CC[C@@H](O)[C@](C)(O)[C@H]1CC[C@H]2[C@@H]3CC(=O)[C@H]4C[C@H](O)[C@H](O)C[C@]4(C)[C@H]3CC[C@]12C. The third kappa shape index (κ3) is 3.70. The van der Waals surface area contributed by atoms with Gasteiger partial charge in [0.25, 0.3) is 0 Å². The zero-order valence-electron chi connectivity index (χ0n) is 20.8. The number of rotatable bonds is 5. The van der Waals surface area contributed by atoms with Crippen molar-refractivity contribution in [3.05, 3.63) is 0 Å². The molecule has 5 nitrogen and oxygen atoms in total. The quantitative estimate of drug-likeness (QED) is 0.512. The van der Waals surface area contributed by atoms with Crippen LogP contribution in [0.25, 0.3) is 0 Å². The minimum absolute atomic E-state index is 0.0301. The van der Waals surface area contributed by atoms with Gasteiger partial charge in [-0.2, -0.15) is 0 Å². The Hall–Kier alpha value is -0.490. The summed E-state index contributed by atoms with van der Waals surface area (Å²) < 4.78 is 0. The summed E-state index contributed by atoms with van der Waals surface area (Å²) in [6.07, 6.45) is 4.59. The molecule has 0 aliphatic heterocycles. The number of aliphatic hydroxyl groups excluding tert-OH is 3. The zero-order valence-corrected chi connectivity index (χ0v) is 20.8. The van der Waals surface area contributed by atoms with Crippen LogP contribution in [0.4, 0.5) is 0 Å². The molecule has 0 bridgehead atoms. The van der Waals surface area contributed by atoms with Crippen molar-refractivity contribution in [3.8, 4) is 0 Å². The van der Waals surface area contributed by atoms with Crippen molar-refractivity contribution in [1.82, 2.24) is 0 Å². The lowest BCUT2D eigenvalue weighted by Crippen LogP contribution is -2.60. The van der Waals surface area contributed by atoms with E-state index in [9.17, 15) is 25.2 Å². The normalized spacial score (nSPS) is 49.2. The topological polar surface area (TPSA) is 98.0 Å². The first-order chi connectivity index (χ1) is 14.8. The van der Waals surface area contributed by atoms with Gasteiger partial charge < -0.3 is 20.4 Å². The Morgan fingerprint density at radius 2 is 1.69 bits per heavy atom. The highest BCUT2D eigenvalue weighted by Gasteiger charge is 2.65. The summed E-state index contributed by atoms with van der Waals surface area (Å²) in [5, 5.41) is 43.2. The molecule has 4 aliphatic rings. The Bertz CT molecular complexity index is 719. The molecule has 0 amide bonds. The molecule has 32 heavy (non-hydrogen) atoms. The van der Waals surface area contributed by atoms with Gasteiger partial charge in [-0.15, -0.1) is 0 Å². The number of aliphatic hydroxyl groups is 4. The third-order valence-corrected chi connectivity index (χ3v) is 10.9. The summed E-state index contributed by atoms with van der Waals surface area (Å²) in [6, 6.07) is 0. The van der Waals surface area contributed by atoms with E-state index in [0.717, 1.165) is 32.1 Å². The summed E-state index contributed by atoms with van der Waals surface area (Å²) in [5.41, 5.74) is -1.46. The molecule has 4 aliphatic carbocycles. The lowest BCUT2D eigenvalue weighted by molar-refractivity contribution is -0.183. The molecule has 0 unspecified atom stereocenters. The average molecular weight is 451 g/mol. The van der Waals surface area contributed by atoms with E-state index >= 15 is 0 Å². The maximum atomic E-state index is 13.3. The summed E-state index contributed by atoms with van der Waals surface area (Å²) in [4.78, 5) is 13.3. The van der Waals surface area contributed by atoms with Crippen LogP contribution in [0, 0.1) is 46.3 Å². The largest absolute Gasteiger partial charge is 0.390 e. The van der Waals surface area contributed by atoms with Gasteiger partial charge in [-0.3, -0.25) is 4.79 Å². The molecule has 0 aromatic carbocycles. The van der Waals surface area contributed by atoms with Crippen LogP contribution in [0.5, 0.6) is 0 Å². The maximum Gasteiger partial charge on any atom is 0.136 e. The molecule has 0 spiro atoms. The van der Waals surface area contributed by atoms with Gasteiger partial charge in [-0.1, -0.05) is 27.7 Å². The molecular weight excluding hydrogens is 404 g/mol. The van der Waals surface area contributed by atoms with Gasteiger partial charge in [0, 0.05) is 12.3 Å². The van der Waals surface area contributed by atoms with Crippen molar-refractivity contribution in [3.63, 3.8) is 0 Å². The van der Waals surface area contributed by atoms with Crippen molar-refractivity contribution in [2.24, 2.45) is 46.3 Å². The minimum Gasteiger partial charge on any atom is -0.390 e. The summed E-state index contributed by atoms with van der Waals surface area (Å²) in [6.45, 7) is 10.6. The fourth-order valence-electron chi connectivity index (χ4n) is 9.05. The van der Waals surface area contributed by atoms with Crippen LogP contribution < -0.4 is 0 Å². The van der Waals surface area contributed by atoms with E-state index in [1.54, 1.807) is 0 Å². The molecule has 0 aromatic rings. The highest BCUT2D eigenvalue weighted by Crippen LogP contribution is 2.68. The van der Waals surface area contributed by atoms with Gasteiger partial charge in [-0.25, -0.2) is 0 Å². The van der Waals surface area contributed by atoms with Gasteiger partial charge in [0.15, 0.2) is 0 Å². The van der Waals surface area contributed by atoms with Gasteiger partial charge in [-0.05, 0) is 98.7 Å². The van der Waals surface area contributed by atoms with E-state index in [2.05, 4.69) is 27.7 Å². The van der Waals surface area contributed by atoms with E-state index < -0.39 is 23.9 Å². The second kappa shape index (κ2) is 8.32. The van der Waals surface area contributed by atoms with E-state index in [1.807, 2.05) is 6.92 Å². The Kier molecular flexibility index (Phi) is 6.40. The smallest absolute Gasteiger partial charge is 0.136 e. The lowest BCUT2D eigenvalue weighted by Gasteiger charge is -2.61. The molecule has 5 heteroatoms. The monoisotopic (exact) mass is 450 g/mol. The number of Topliss-reactive ketones (excluding diaryl/α,β-unsaturated/α-hetero) is 1. The van der Waals surface area contributed by atoms with E-state index in [-0.39, 0.29) is 34.4 Å². The zero-order chi connectivity index (χ0) is 23.6. The third-order valence-electron chi connectivity index (χ3n) is 10.9. The van der Waals surface area contributed by atoms with Crippen LogP contribution in [-0.4, -0.2) is 50.1 Å². The molecule has 4 saturated carbocycles. The molecule has 0 aromatic heterocycles.